The van der Waals surface area contributed by atoms with Crippen LogP contribution in [0.25, 0.3) is 0 Å². The summed E-state index contributed by atoms with van der Waals surface area (Å²) >= 11 is 6.79. The van der Waals surface area contributed by atoms with Gasteiger partial charge in [0.15, 0.2) is 5.13 Å². The number of ether oxygens (including phenoxy) is 2. The second kappa shape index (κ2) is 8.89. The molecular weight excluding hydrogens is 421 g/mol. The van der Waals surface area contributed by atoms with Crippen LogP contribution in [0.2, 0.25) is 5.02 Å². The minimum absolute atomic E-state index is 0.0916. The van der Waals surface area contributed by atoms with E-state index in [1.807, 2.05) is 0 Å². The Kier molecular flexibility index (Phi) is 6.30. The number of rotatable bonds is 6. The summed E-state index contributed by atoms with van der Waals surface area (Å²) < 4.78 is 23.5. The minimum atomic E-state index is -0.586. The van der Waals surface area contributed by atoms with Crippen molar-refractivity contribution in [3.63, 3.8) is 0 Å². The number of methoxy groups -OCH3 is 2. The van der Waals surface area contributed by atoms with Crippen molar-refractivity contribution in [1.82, 2.24) is 4.98 Å². The molecule has 2 amide bonds. The smallest absolute Gasteiger partial charge is 0.275 e. The van der Waals surface area contributed by atoms with Gasteiger partial charge in [-0.05, 0) is 30.3 Å². The van der Waals surface area contributed by atoms with Crippen LogP contribution in [0.4, 0.5) is 15.2 Å². The fourth-order valence-electron chi connectivity index (χ4n) is 2.31. The maximum Gasteiger partial charge on any atom is 0.275 e. The zero-order valence-electron chi connectivity index (χ0n) is 15.3. The number of carbonyl (C=O) groups excluding carboxylic acids is 2. The number of halogens is 2. The Balaban J connectivity index is 1.70. The van der Waals surface area contributed by atoms with Crippen LogP contribution in [0, 0.1) is 5.82 Å². The molecule has 1 aromatic heterocycles. The first-order chi connectivity index (χ1) is 13.9. The number of amides is 2. The van der Waals surface area contributed by atoms with Crippen molar-refractivity contribution in [2.75, 3.05) is 24.9 Å². The van der Waals surface area contributed by atoms with Gasteiger partial charge in [-0.1, -0.05) is 11.6 Å². The maximum atomic E-state index is 13.2. The number of carbonyl (C=O) groups is 2. The normalized spacial score (nSPS) is 10.3. The fourth-order valence-corrected chi connectivity index (χ4v) is 3.18. The van der Waals surface area contributed by atoms with Gasteiger partial charge in [0.1, 0.15) is 23.0 Å². The Morgan fingerprint density at radius 2 is 1.72 bits per heavy atom. The SMILES string of the molecule is COc1cc(OC)cc(C(=O)Nc2nc(C(=O)Nc3ccc(F)c(Cl)c3)cs2)c1. The van der Waals surface area contributed by atoms with E-state index in [0.29, 0.717) is 22.7 Å². The Morgan fingerprint density at radius 1 is 1.03 bits per heavy atom. The Bertz CT molecular complexity index is 1050. The van der Waals surface area contributed by atoms with Crippen LogP contribution in [-0.2, 0) is 0 Å². The molecule has 0 atom stereocenters. The first-order valence-electron chi connectivity index (χ1n) is 8.16. The quantitative estimate of drug-likeness (QED) is 0.596. The van der Waals surface area contributed by atoms with E-state index in [9.17, 15) is 14.0 Å². The first kappa shape index (κ1) is 20.6. The van der Waals surface area contributed by atoms with Crippen LogP contribution < -0.4 is 20.1 Å². The van der Waals surface area contributed by atoms with Gasteiger partial charge >= 0.3 is 0 Å². The molecule has 2 N–H and O–H groups in total. The van der Waals surface area contributed by atoms with Gasteiger partial charge in [0, 0.05) is 22.7 Å². The van der Waals surface area contributed by atoms with E-state index >= 15 is 0 Å². The lowest BCUT2D eigenvalue weighted by Crippen LogP contribution is -2.14. The van der Waals surface area contributed by atoms with Crippen LogP contribution in [0.5, 0.6) is 11.5 Å². The molecule has 0 aliphatic carbocycles. The maximum absolute atomic E-state index is 13.2. The van der Waals surface area contributed by atoms with E-state index in [1.54, 1.807) is 18.2 Å². The van der Waals surface area contributed by atoms with Gasteiger partial charge in [-0.2, -0.15) is 0 Å². The van der Waals surface area contributed by atoms with Gasteiger partial charge in [0.05, 0.1) is 19.2 Å². The van der Waals surface area contributed by atoms with Gasteiger partial charge in [-0.3, -0.25) is 14.9 Å². The van der Waals surface area contributed by atoms with Crippen molar-refractivity contribution in [2.45, 2.75) is 0 Å². The summed E-state index contributed by atoms with van der Waals surface area (Å²) in [5.41, 5.74) is 0.723. The predicted octanol–water partition coefficient (Wildman–Crippen LogP) is 4.46. The van der Waals surface area contributed by atoms with E-state index in [2.05, 4.69) is 15.6 Å². The zero-order valence-corrected chi connectivity index (χ0v) is 16.9. The molecule has 0 aliphatic heterocycles. The molecule has 1 heterocycles. The highest BCUT2D eigenvalue weighted by Gasteiger charge is 2.15. The molecule has 0 bridgehead atoms. The molecule has 3 aromatic rings. The summed E-state index contributed by atoms with van der Waals surface area (Å²) in [5.74, 6) is -0.614. The van der Waals surface area contributed by atoms with Crippen LogP contribution in [0.15, 0.2) is 41.8 Å². The van der Waals surface area contributed by atoms with Crippen molar-refractivity contribution < 1.29 is 23.5 Å². The highest BCUT2D eigenvalue weighted by atomic mass is 35.5. The van der Waals surface area contributed by atoms with Gasteiger partial charge in [0.25, 0.3) is 11.8 Å². The average molecular weight is 436 g/mol. The molecule has 3 rings (SSSR count). The number of nitrogens with one attached hydrogen (secondary N) is 2. The summed E-state index contributed by atoms with van der Waals surface area (Å²) in [6.07, 6.45) is 0. The molecule has 2 aromatic carbocycles. The van der Waals surface area contributed by atoms with E-state index < -0.39 is 17.6 Å². The van der Waals surface area contributed by atoms with Crippen molar-refractivity contribution in [3.8, 4) is 11.5 Å². The number of anilines is 2. The van der Waals surface area contributed by atoms with Crippen molar-refractivity contribution in [3.05, 3.63) is 63.9 Å². The highest BCUT2D eigenvalue weighted by molar-refractivity contribution is 7.14. The minimum Gasteiger partial charge on any atom is -0.497 e. The average Bonchev–Trinajstić information content (AvgIpc) is 3.18. The molecule has 0 unspecified atom stereocenters. The Hall–Kier alpha value is -3.17. The van der Waals surface area contributed by atoms with E-state index in [0.717, 1.165) is 17.4 Å². The molecule has 0 spiro atoms. The lowest BCUT2D eigenvalue weighted by Gasteiger charge is -2.08. The summed E-state index contributed by atoms with van der Waals surface area (Å²) in [6, 6.07) is 8.57. The number of aromatic nitrogens is 1. The number of hydrogen-bond acceptors (Lipinski definition) is 6. The largest absolute Gasteiger partial charge is 0.497 e. The number of nitrogens with zero attached hydrogens (tertiary/aromatic N) is 1. The molecule has 0 fully saturated rings. The fraction of sp³-hybridized carbons (Fsp3) is 0.105. The number of benzene rings is 2. The highest BCUT2D eigenvalue weighted by Crippen LogP contribution is 2.24. The van der Waals surface area contributed by atoms with Crippen molar-refractivity contribution in [1.29, 1.82) is 0 Å². The Morgan fingerprint density at radius 3 is 2.34 bits per heavy atom. The summed E-state index contributed by atoms with van der Waals surface area (Å²) in [7, 11) is 2.97. The van der Waals surface area contributed by atoms with E-state index in [1.165, 1.54) is 31.7 Å². The van der Waals surface area contributed by atoms with Crippen molar-refractivity contribution >= 4 is 45.6 Å². The third-order valence-electron chi connectivity index (χ3n) is 3.75. The standard InChI is InChI=1S/C19H15ClFN3O4S/c1-27-12-5-10(6-13(8-12)28-2)17(25)24-19-23-16(9-29-19)18(26)22-11-3-4-15(21)14(20)7-11/h3-9H,1-2H3,(H,22,26)(H,23,24,25). The molecule has 10 heteroatoms. The monoisotopic (exact) mass is 435 g/mol. The van der Waals surface area contributed by atoms with Gasteiger partial charge in [-0.15, -0.1) is 11.3 Å². The molecular formula is C19H15ClFN3O4S. The molecule has 150 valence electrons. The zero-order chi connectivity index (χ0) is 21.0. The van der Waals surface area contributed by atoms with Gasteiger partial charge in [-0.25, -0.2) is 9.37 Å². The third kappa shape index (κ3) is 5.01. The number of hydrogen-bond donors (Lipinski definition) is 2. The number of thiazole rings is 1. The van der Waals surface area contributed by atoms with Crippen molar-refractivity contribution in [2.24, 2.45) is 0 Å². The second-order valence-electron chi connectivity index (χ2n) is 5.68. The summed E-state index contributed by atoms with van der Waals surface area (Å²) in [6.45, 7) is 0. The van der Waals surface area contributed by atoms with Crippen LogP contribution >= 0.6 is 22.9 Å². The summed E-state index contributed by atoms with van der Waals surface area (Å²) in [5, 5.41) is 6.80. The van der Waals surface area contributed by atoms with Crippen LogP contribution in [0.1, 0.15) is 20.8 Å². The topological polar surface area (TPSA) is 89.6 Å². The van der Waals surface area contributed by atoms with E-state index in [-0.39, 0.29) is 15.8 Å². The van der Waals surface area contributed by atoms with E-state index in [4.69, 9.17) is 21.1 Å². The first-order valence-corrected chi connectivity index (χ1v) is 9.41. The molecule has 0 saturated carbocycles. The molecule has 0 radical (unpaired) electrons. The van der Waals surface area contributed by atoms with Gasteiger partial charge < -0.3 is 14.8 Å². The molecule has 29 heavy (non-hydrogen) atoms. The van der Waals surface area contributed by atoms with Gasteiger partial charge in [0.2, 0.25) is 0 Å². The predicted molar refractivity (Wildman–Crippen MR) is 109 cm³/mol. The third-order valence-corrected chi connectivity index (χ3v) is 4.80. The summed E-state index contributed by atoms with van der Waals surface area (Å²) in [4.78, 5) is 28.9. The molecule has 7 nitrogen and oxygen atoms in total. The molecule has 0 aliphatic rings. The second-order valence-corrected chi connectivity index (χ2v) is 6.94. The lowest BCUT2D eigenvalue weighted by molar-refractivity contribution is 0.101. The van der Waals surface area contributed by atoms with Crippen LogP contribution in [0.3, 0.4) is 0 Å². The molecule has 0 saturated heterocycles. The Labute approximate surface area is 174 Å². The van der Waals surface area contributed by atoms with Crippen LogP contribution in [-0.4, -0.2) is 31.0 Å². The lowest BCUT2D eigenvalue weighted by atomic mass is 10.2.